The molecule has 3 rings (SSSR count). The van der Waals surface area contributed by atoms with E-state index in [0.29, 0.717) is 13.0 Å². The standard InChI is InChI=1S/C17H17NO3/c1-20-11-10-16(19)18-17-12-6-2-4-8-14(12)21-15-9-5-3-7-13(15)17/h2-9,17H,10-11H2,1H3,(H,18,19). The molecule has 1 amide bonds. The fourth-order valence-electron chi connectivity index (χ4n) is 2.49. The number of benzene rings is 2. The molecule has 0 atom stereocenters. The van der Waals surface area contributed by atoms with Crippen molar-refractivity contribution in [1.82, 2.24) is 5.32 Å². The van der Waals surface area contributed by atoms with Gasteiger partial charge in [0.1, 0.15) is 11.5 Å². The van der Waals surface area contributed by atoms with Gasteiger partial charge in [-0.3, -0.25) is 4.79 Å². The molecule has 0 saturated carbocycles. The van der Waals surface area contributed by atoms with Crippen LogP contribution in [0.5, 0.6) is 11.5 Å². The molecule has 0 aromatic heterocycles. The lowest BCUT2D eigenvalue weighted by atomic mass is 9.94. The van der Waals surface area contributed by atoms with Crippen molar-refractivity contribution >= 4 is 5.91 Å². The Morgan fingerprint density at radius 3 is 2.24 bits per heavy atom. The van der Waals surface area contributed by atoms with E-state index in [1.54, 1.807) is 7.11 Å². The highest BCUT2D eigenvalue weighted by Crippen LogP contribution is 2.42. The Kier molecular flexibility index (Phi) is 3.88. The predicted molar refractivity (Wildman–Crippen MR) is 79.4 cm³/mol. The fourth-order valence-corrected chi connectivity index (χ4v) is 2.49. The largest absolute Gasteiger partial charge is 0.457 e. The lowest BCUT2D eigenvalue weighted by Gasteiger charge is -2.28. The number of para-hydroxylation sites is 2. The van der Waals surface area contributed by atoms with Crippen LogP contribution in [-0.2, 0) is 9.53 Å². The highest BCUT2D eigenvalue weighted by atomic mass is 16.5. The zero-order valence-corrected chi connectivity index (χ0v) is 11.8. The molecule has 1 aliphatic rings. The van der Waals surface area contributed by atoms with Crippen molar-refractivity contribution in [2.45, 2.75) is 12.5 Å². The van der Waals surface area contributed by atoms with E-state index in [9.17, 15) is 4.79 Å². The molecule has 21 heavy (non-hydrogen) atoms. The molecule has 4 heteroatoms. The molecule has 2 aromatic carbocycles. The van der Waals surface area contributed by atoms with Crippen LogP contribution >= 0.6 is 0 Å². The monoisotopic (exact) mass is 283 g/mol. The van der Waals surface area contributed by atoms with Crippen LogP contribution < -0.4 is 10.1 Å². The van der Waals surface area contributed by atoms with Crippen LogP contribution in [0.15, 0.2) is 48.5 Å². The Hall–Kier alpha value is -2.33. The molecule has 1 N–H and O–H groups in total. The van der Waals surface area contributed by atoms with Crippen molar-refractivity contribution in [2.75, 3.05) is 13.7 Å². The van der Waals surface area contributed by atoms with Crippen LogP contribution in [0.2, 0.25) is 0 Å². The van der Waals surface area contributed by atoms with Gasteiger partial charge in [0.15, 0.2) is 0 Å². The molecule has 0 aliphatic carbocycles. The summed E-state index contributed by atoms with van der Waals surface area (Å²) in [5, 5.41) is 3.07. The minimum Gasteiger partial charge on any atom is -0.457 e. The topological polar surface area (TPSA) is 47.6 Å². The number of rotatable bonds is 4. The lowest BCUT2D eigenvalue weighted by molar-refractivity contribution is -0.122. The number of carbonyl (C=O) groups excluding carboxylic acids is 1. The van der Waals surface area contributed by atoms with Crippen molar-refractivity contribution < 1.29 is 14.3 Å². The summed E-state index contributed by atoms with van der Waals surface area (Å²) in [5.41, 5.74) is 1.95. The van der Waals surface area contributed by atoms with Gasteiger partial charge >= 0.3 is 0 Å². The van der Waals surface area contributed by atoms with Gasteiger partial charge < -0.3 is 14.8 Å². The van der Waals surface area contributed by atoms with Crippen LogP contribution in [0.3, 0.4) is 0 Å². The Morgan fingerprint density at radius 1 is 1.10 bits per heavy atom. The van der Waals surface area contributed by atoms with Crippen LogP contribution in [0.25, 0.3) is 0 Å². The number of fused-ring (bicyclic) bond motifs is 2. The Balaban J connectivity index is 1.93. The van der Waals surface area contributed by atoms with Crippen molar-refractivity contribution in [3.05, 3.63) is 59.7 Å². The first-order valence-electron chi connectivity index (χ1n) is 6.93. The smallest absolute Gasteiger partial charge is 0.223 e. The van der Waals surface area contributed by atoms with Crippen molar-refractivity contribution in [3.63, 3.8) is 0 Å². The third-order valence-electron chi connectivity index (χ3n) is 3.52. The minimum absolute atomic E-state index is 0.0339. The molecule has 0 spiro atoms. The van der Waals surface area contributed by atoms with Crippen molar-refractivity contribution in [2.24, 2.45) is 0 Å². The predicted octanol–water partition coefficient (Wildman–Crippen LogP) is 3.03. The summed E-state index contributed by atoms with van der Waals surface area (Å²) in [4.78, 5) is 12.1. The number of carbonyl (C=O) groups is 1. The van der Waals surface area contributed by atoms with E-state index < -0.39 is 0 Å². The zero-order chi connectivity index (χ0) is 14.7. The normalized spacial score (nSPS) is 13.0. The van der Waals surface area contributed by atoms with E-state index in [2.05, 4.69) is 5.32 Å². The van der Waals surface area contributed by atoms with E-state index in [1.165, 1.54) is 0 Å². The van der Waals surface area contributed by atoms with E-state index in [4.69, 9.17) is 9.47 Å². The number of hydrogen-bond acceptors (Lipinski definition) is 3. The van der Waals surface area contributed by atoms with Crippen molar-refractivity contribution in [1.29, 1.82) is 0 Å². The maximum absolute atomic E-state index is 12.1. The molecule has 108 valence electrons. The quantitative estimate of drug-likeness (QED) is 0.938. The Bertz CT molecular complexity index is 608. The molecular formula is C17H17NO3. The van der Waals surface area contributed by atoms with E-state index in [1.807, 2.05) is 48.5 Å². The summed E-state index contributed by atoms with van der Waals surface area (Å²) in [6.45, 7) is 0.415. The average Bonchev–Trinajstić information content (AvgIpc) is 2.52. The average molecular weight is 283 g/mol. The van der Waals surface area contributed by atoms with Crippen LogP contribution in [-0.4, -0.2) is 19.6 Å². The van der Waals surface area contributed by atoms with Gasteiger partial charge in [-0.05, 0) is 12.1 Å². The van der Waals surface area contributed by atoms with Gasteiger partial charge in [0, 0.05) is 24.7 Å². The van der Waals surface area contributed by atoms with Gasteiger partial charge in [-0.25, -0.2) is 0 Å². The molecule has 0 saturated heterocycles. The third kappa shape index (κ3) is 2.76. The SMILES string of the molecule is COCCC(=O)NC1c2ccccc2Oc2ccccc21. The highest BCUT2D eigenvalue weighted by molar-refractivity contribution is 5.77. The summed E-state index contributed by atoms with van der Waals surface area (Å²) in [7, 11) is 1.59. The maximum atomic E-state index is 12.1. The van der Waals surface area contributed by atoms with E-state index in [0.717, 1.165) is 22.6 Å². The first-order chi connectivity index (χ1) is 10.3. The first-order valence-corrected chi connectivity index (χ1v) is 6.93. The molecule has 4 nitrogen and oxygen atoms in total. The number of nitrogens with one attached hydrogen (secondary N) is 1. The summed E-state index contributed by atoms with van der Waals surface area (Å²) in [5.74, 6) is 1.54. The molecular weight excluding hydrogens is 266 g/mol. The molecule has 0 radical (unpaired) electrons. The number of hydrogen-bond donors (Lipinski definition) is 1. The molecule has 0 bridgehead atoms. The second kappa shape index (κ2) is 5.97. The Morgan fingerprint density at radius 2 is 1.67 bits per heavy atom. The zero-order valence-electron chi connectivity index (χ0n) is 11.8. The van der Waals surface area contributed by atoms with Crippen LogP contribution in [0, 0.1) is 0 Å². The van der Waals surface area contributed by atoms with Gasteiger partial charge in [-0.1, -0.05) is 36.4 Å². The van der Waals surface area contributed by atoms with Crippen molar-refractivity contribution in [3.8, 4) is 11.5 Å². The molecule has 2 aromatic rings. The third-order valence-corrected chi connectivity index (χ3v) is 3.52. The highest BCUT2D eigenvalue weighted by Gasteiger charge is 2.27. The van der Waals surface area contributed by atoms with Gasteiger partial charge in [0.05, 0.1) is 12.6 Å². The second-order valence-corrected chi connectivity index (χ2v) is 4.92. The molecule has 1 aliphatic heterocycles. The van der Waals surface area contributed by atoms with Gasteiger partial charge in [-0.2, -0.15) is 0 Å². The maximum Gasteiger partial charge on any atom is 0.223 e. The summed E-state index contributed by atoms with van der Waals surface area (Å²) in [6.07, 6.45) is 0.345. The van der Waals surface area contributed by atoms with E-state index >= 15 is 0 Å². The van der Waals surface area contributed by atoms with Gasteiger partial charge in [0.2, 0.25) is 5.91 Å². The van der Waals surface area contributed by atoms with Crippen LogP contribution in [0.1, 0.15) is 23.6 Å². The van der Waals surface area contributed by atoms with Gasteiger partial charge in [0.25, 0.3) is 0 Å². The lowest BCUT2D eigenvalue weighted by Crippen LogP contribution is -2.31. The Labute approximate surface area is 123 Å². The number of amides is 1. The summed E-state index contributed by atoms with van der Waals surface area (Å²) < 4.78 is 10.8. The molecule has 0 fully saturated rings. The molecule has 0 unspecified atom stereocenters. The number of ether oxygens (including phenoxy) is 2. The second-order valence-electron chi connectivity index (χ2n) is 4.92. The van der Waals surface area contributed by atoms with Gasteiger partial charge in [-0.15, -0.1) is 0 Å². The molecule has 1 heterocycles. The van der Waals surface area contributed by atoms with Crippen LogP contribution in [0.4, 0.5) is 0 Å². The number of methoxy groups -OCH3 is 1. The van der Waals surface area contributed by atoms with E-state index in [-0.39, 0.29) is 11.9 Å². The summed E-state index contributed by atoms with van der Waals surface area (Å²) >= 11 is 0. The fraction of sp³-hybridized carbons (Fsp3) is 0.235. The minimum atomic E-state index is -0.185. The summed E-state index contributed by atoms with van der Waals surface area (Å²) in [6, 6.07) is 15.4. The first kappa shape index (κ1) is 13.6.